The Morgan fingerprint density at radius 3 is 2.35 bits per heavy atom. The van der Waals surface area contributed by atoms with Crippen LogP contribution in [0.1, 0.15) is 51.4 Å². The van der Waals surface area contributed by atoms with Gasteiger partial charge in [0.1, 0.15) is 0 Å². The first kappa shape index (κ1) is 23.0. The largest absolute Gasteiger partial charge is 0.454 e. The number of sulfonamides is 1. The molecule has 2 aromatic rings. The van der Waals surface area contributed by atoms with Gasteiger partial charge in [-0.05, 0) is 57.0 Å². The third kappa shape index (κ3) is 4.97. The van der Waals surface area contributed by atoms with Crippen LogP contribution in [0.4, 0.5) is 0 Å². The number of aromatic nitrogens is 1. The summed E-state index contributed by atoms with van der Waals surface area (Å²) < 4.78 is 34.0. The van der Waals surface area contributed by atoms with E-state index in [0.717, 1.165) is 30.7 Å². The molecule has 0 bridgehead atoms. The highest BCUT2D eigenvalue weighted by atomic mass is 32.2. The molecule has 31 heavy (non-hydrogen) atoms. The van der Waals surface area contributed by atoms with Crippen LogP contribution in [0.2, 0.25) is 0 Å². The maximum Gasteiger partial charge on any atom is 0.338 e. The zero-order chi connectivity index (χ0) is 22.6. The van der Waals surface area contributed by atoms with E-state index in [1.54, 1.807) is 12.1 Å². The van der Waals surface area contributed by atoms with Crippen LogP contribution < -0.4 is 0 Å². The molecule has 1 saturated heterocycles. The lowest BCUT2D eigenvalue weighted by atomic mass is 10.1. The number of nitrogens with zero attached hydrogens (tertiary/aromatic N) is 2. The van der Waals surface area contributed by atoms with Crippen LogP contribution in [-0.4, -0.2) is 48.7 Å². The van der Waals surface area contributed by atoms with Crippen molar-refractivity contribution in [3.8, 4) is 0 Å². The lowest BCUT2D eigenvalue weighted by molar-refractivity contribution is 0.0474. The summed E-state index contributed by atoms with van der Waals surface area (Å²) in [5, 5.41) is 0. The molecule has 1 aliphatic heterocycles. The zero-order valence-electron chi connectivity index (χ0n) is 18.0. The number of allylic oxidation sites excluding steroid dienone is 1. The number of carbonyl (C=O) groups is 2. The fourth-order valence-electron chi connectivity index (χ4n) is 3.80. The number of benzene rings is 1. The fraction of sp³-hybridized carbons (Fsp3) is 0.391. The molecular weight excluding hydrogens is 416 g/mol. The van der Waals surface area contributed by atoms with Crippen LogP contribution in [0.5, 0.6) is 0 Å². The molecule has 1 aromatic carbocycles. The van der Waals surface area contributed by atoms with Gasteiger partial charge in [0.25, 0.3) is 0 Å². The monoisotopic (exact) mass is 444 g/mol. The molecule has 166 valence electrons. The van der Waals surface area contributed by atoms with Gasteiger partial charge >= 0.3 is 5.97 Å². The molecule has 1 aliphatic rings. The van der Waals surface area contributed by atoms with Gasteiger partial charge in [-0.25, -0.2) is 13.2 Å². The second kappa shape index (κ2) is 9.62. The summed E-state index contributed by atoms with van der Waals surface area (Å²) in [6, 6.07) is 7.42. The van der Waals surface area contributed by atoms with Gasteiger partial charge in [-0.1, -0.05) is 12.5 Å². The Morgan fingerprint density at radius 1 is 1.10 bits per heavy atom. The quantitative estimate of drug-likeness (QED) is 0.353. The van der Waals surface area contributed by atoms with E-state index in [4.69, 9.17) is 4.74 Å². The molecule has 0 amide bonds. The average Bonchev–Trinajstić information content (AvgIpc) is 3.06. The van der Waals surface area contributed by atoms with Gasteiger partial charge in [0.15, 0.2) is 6.61 Å². The first-order valence-corrected chi connectivity index (χ1v) is 11.8. The van der Waals surface area contributed by atoms with Crippen molar-refractivity contribution in [3.63, 3.8) is 0 Å². The highest BCUT2D eigenvalue weighted by Crippen LogP contribution is 2.21. The van der Waals surface area contributed by atoms with Crippen molar-refractivity contribution < 1.29 is 22.7 Å². The van der Waals surface area contributed by atoms with Gasteiger partial charge in [0.05, 0.1) is 10.5 Å². The van der Waals surface area contributed by atoms with E-state index in [1.165, 1.54) is 28.6 Å². The van der Waals surface area contributed by atoms with Gasteiger partial charge in [-0.2, -0.15) is 4.31 Å². The number of hydrogen-bond acceptors (Lipinski definition) is 5. The molecule has 1 fully saturated rings. The number of aryl methyl sites for hydroxylation is 1. The number of ether oxygens (including phenoxy) is 1. The maximum absolute atomic E-state index is 12.7. The highest BCUT2D eigenvalue weighted by Gasteiger charge is 2.26. The van der Waals surface area contributed by atoms with Crippen LogP contribution in [-0.2, 0) is 21.3 Å². The summed E-state index contributed by atoms with van der Waals surface area (Å²) in [5.41, 5.74) is 2.43. The molecule has 0 saturated carbocycles. The Labute approximate surface area is 183 Å². The van der Waals surface area contributed by atoms with Gasteiger partial charge in [0, 0.05) is 36.6 Å². The summed E-state index contributed by atoms with van der Waals surface area (Å²) in [6.07, 6.45) is 4.50. The molecule has 3 rings (SSSR count). The van der Waals surface area contributed by atoms with E-state index in [-0.39, 0.29) is 22.8 Å². The van der Waals surface area contributed by atoms with Crippen LogP contribution >= 0.6 is 0 Å². The van der Waals surface area contributed by atoms with E-state index < -0.39 is 16.0 Å². The van der Waals surface area contributed by atoms with Crippen LogP contribution in [0.3, 0.4) is 0 Å². The Bertz CT molecular complexity index is 1080. The number of hydrogen-bond donors (Lipinski definition) is 0. The standard InChI is InChI=1S/C23H28N2O5S/c1-4-12-25-17(2)15-21(18(25)3)22(26)16-30-23(27)19-8-10-20(11-9-19)31(28,29)24-13-6-5-7-14-24/h4,8-11,15H,1,5-7,12-14,16H2,2-3H3. The zero-order valence-corrected chi connectivity index (χ0v) is 18.8. The predicted octanol–water partition coefficient (Wildman–Crippen LogP) is 3.51. The van der Waals surface area contributed by atoms with Crippen molar-refractivity contribution in [1.82, 2.24) is 8.87 Å². The average molecular weight is 445 g/mol. The molecule has 0 radical (unpaired) electrons. The number of Topliss-reactive ketones (excluding diaryl/α,β-unsaturated/α-hetero) is 1. The topological polar surface area (TPSA) is 85.7 Å². The smallest absolute Gasteiger partial charge is 0.338 e. The molecule has 0 spiro atoms. The van der Waals surface area contributed by atoms with Gasteiger partial charge in [-0.15, -0.1) is 6.58 Å². The summed E-state index contributed by atoms with van der Waals surface area (Å²) >= 11 is 0. The molecule has 0 atom stereocenters. The molecule has 0 N–H and O–H groups in total. The molecule has 7 nitrogen and oxygen atoms in total. The number of ketones is 1. The third-order valence-electron chi connectivity index (χ3n) is 5.56. The van der Waals surface area contributed by atoms with Crippen molar-refractivity contribution >= 4 is 21.8 Å². The number of carbonyl (C=O) groups excluding carboxylic acids is 2. The minimum absolute atomic E-state index is 0.150. The lowest BCUT2D eigenvalue weighted by Gasteiger charge is -2.25. The van der Waals surface area contributed by atoms with Gasteiger partial charge in [-0.3, -0.25) is 4.79 Å². The number of rotatable bonds is 8. The Morgan fingerprint density at radius 2 is 1.74 bits per heavy atom. The second-order valence-electron chi connectivity index (χ2n) is 7.67. The van der Waals surface area contributed by atoms with Crippen molar-refractivity contribution in [2.45, 2.75) is 44.6 Å². The normalized spacial score (nSPS) is 14.9. The van der Waals surface area contributed by atoms with E-state index in [9.17, 15) is 18.0 Å². The van der Waals surface area contributed by atoms with E-state index in [1.807, 2.05) is 18.4 Å². The fourth-order valence-corrected chi connectivity index (χ4v) is 5.32. The lowest BCUT2D eigenvalue weighted by Crippen LogP contribution is -2.35. The SMILES string of the molecule is C=CCn1c(C)cc(C(=O)COC(=O)c2ccc(S(=O)(=O)N3CCCCC3)cc2)c1C. The molecule has 0 unspecified atom stereocenters. The molecule has 0 aliphatic carbocycles. The summed E-state index contributed by atoms with van der Waals surface area (Å²) in [4.78, 5) is 25.0. The predicted molar refractivity (Wildman–Crippen MR) is 118 cm³/mol. The van der Waals surface area contributed by atoms with Crippen molar-refractivity contribution in [2.24, 2.45) is 0 Å². The number of piperidine rings is 1. The van der Waals surface area contributed by atoms with Crippen LogP contribution in [0.25, 0.3) is 0 Å². The van der Waals surface area contributed by atoms with Crippen LogP contribution in [0.15, 0.2) is 47.9 Å². The summed E-state index contributed by atoms with van der Waals surface area (Å²) in [7, 11) is -3.56. The first-order chi connectivity index (χ1) is 14.8. The van der Waals surface area contributed by atoms with Crippen molar-refractivity contribution in [1.29, 1.82) is 0 Å². The van der Waals surface area contributed by atoms with Crippen molar-refractivity contribution in [2.75, 3.05) is 19.7 Å². The molecule has 8 heteroatoms. The Hall–Kier alpha value is -2.71. The minimum atomic E-state index is -3.56. The van der Waals surface area contributed by atoms with E-state index in [0.29, 0.717) is 25.2 Å². The molecule has 1 aromatic heterocycles. The molecule has 2 heterocycles. The second-order valence-corrected chi connectivity index (χ2v) is 9.61. The van der Waals surface area contributed by atoms with E-state index in [2.05, 4.69) is 6.58 Å². The Balaban J connectivity index is 1.64. The highest BCUT2D eigenvalue weighted by molar-refractivity contribution is 7.89. The Kier molecular flexibility index (Phi) is 7.12. The van der Waals surface area contributed by atoms with E-state index >= 15 is 0 Å². The first-order valence-electron chi connectivity index (χ1n) is 10.3. The van der Waals surface area contributed by atoms with Crippen LogP contribution in [0, 0.1) is 13.8 Å². The third-order valence-corrected chi connectivity index (χ3v) is 7.48. The minimum Gasteiger partial charge on any atom is -0.454 e. The summed E-state index contributed by atoms with van der Waals surface area (Å²) in [5.74, 6) is -0.962. The van der Waals surface area contributed by atoms with Gasteiger partial charge in [0.2, 0.25) is 15.8 Å². The molecular formula is C23H28N2O5S. The summed E-state index contributed by atoms with van der Waals surface area (Å²) in [6.45, 7) is 8.70. The van der Waals surface area contributed by atoms with Crippen molar-refractivity contribution in [3.05, 3.63) is 65.5 Å². The maximum atomic E-state index is 12.7. The number of esters is 1. The van der Waals surface area contributed by atoms with Gasteiger partial charge < -0.3 is 9.30 Å².